The van der Waals surface area contributed by atoms with Crippen molar-refractivity contribution < 1.29 is 9.53 Å². The van der Waals surface area contributed by atoms with Gasteiger partial charge < -0.3 is 10.1 Å². The van der Waals surface area contributed by atoms with Crippen LogP contribution in [0.5, 0.6) is 0 Å². The highest BCUT2D eigenvalue weighted by Gasteiger charge is 2.25. The largest absolute Gasteiger partial charge is 0.376 e. The van der Waals surface area contributed by atoms with Crippen LogP contribution in [0.15, 0.2) is 36.5 Å². The minimum atomic E-state index is -0.280. The summed E-state index contributed by atoms with van der Waals surface area (Å²) in [5, 5.41) is 20.8. The minimum Gasteiger partial charge on any atom is -0.376 e. The van der Waals surface area contributed by atoms with Crippen LogP contribution in [0.2, 0.25) is 0 Å². The van der Waals surface area contributed by atoms with Gasteiger partial charge in [0, 0.05) is 12.2 Å². The quantitative estimate of drug-likeness (QED) is 0.701. The van der Waals surface area contributed by atoms with Crippen molar-refractivity contribution in [3.8, 4) is 10.6 Å². The highest BCUT2D eigenvalue weighted by atomic mass is 32.1. The molecule has 1 saturated heterocycles. The number of carbonyl (C=O) groups is 1. The van der Waals surface area contributed by atoms with Crippen LogP contribution in [0.1, 0.15) is 41.3 Å². The molecule has 0 spiro atoms. The van der Waals surface area contributed by atoms with Crippen molar-refractivity contribution in [2.24, 2.45) is 0 Å². The monoisotopic (exact) mass is 384 g/mol. The molecule has 4 rings (SSSR count). The SMILES string of the molecule is CC([C@H]1CCCO1)n1cc(C(=O)NCc2nnc(-c3ccccc3)s2)nn1. The first-order valence-corrected chi connectivity index (χ1v) is 9.72. The molecule has 27 heavy (non-hydrogen) atoms. The Kier molecular flexibility index (Phi) is 5.21. The van der Waals surface area contributed by atoms with Gasteiger partial charge in [0.1, 0.15) is 10.0 Å². The molecule has 140 valence electrons. The van der Waals surface area contributed by atoms with Crippen molar-refractivity contribution in [1.29, 1.82) is 0 Å². The maximum atomic E-state index is 12.4. The number of carbonyl (C=O) groups excluding carboxylic acids is 1. The van der Waals surface area contributed by atoms with E-state index in [1.807, 2.05) is 37.3 Å². The molecule has 0 radical (unpaired) electrons. The summed E-state index contributed by atoms with van der Waals surface area (Å²) in [5.41, 5.74) is 1.30. The molecule has 1 amide bonds. The topological polar surface area (TPSA) is 94.8 Å². The highest BCUT2D eigenvalue weighted by molar-refractivity contribution is 7.14. The minimum absolute atomic E-state index is 0.0538. The van der Waals surface area contributed by atoms with Gasteiger partial charge in [0.05, 0.1) is 24.9 Å². The molecule has 0 saturated carbocycles. The summed E-state index contributed by atoms with van der Waals surface area (Å²) in [7, 11) is 0. The van der Waals surface area contributed by atoms with Crippen molar-refractivity contribution in [2.45, 2.75) is 38.5 Å². The van der Waals surface area contributed by atoms with E-state index < -0.39 is 0 Å². The fourth-order valence-electron chi connectivity index (χ4n) is 3.00. The first kappa shape index (κ1) is 17.7. The molecular weight excluding hydrogens is 364 g/mol. The standard InChI is InChI=1S/C18H20N6O2S/c1-12(15-8-5-9-26-15)24-11-14(20-23-24)17(25)19-10-16-21-22-18(27-16)13-6-3-2-4-7-13/h2-4,6-7,11-12,15H,5,8-10H2,1H3,(H,19,25)/t12?,15-/m1/s1. The summed E-state index contributed by atoms with van der Waals surface area (Å²) in [6.45, 7) is 3.11. The Hall–Kier alpha value is -2.65. The Balaban J connectivity index is 1.35. The average Bonchev–Trinajstić information content (AvgIpc) is 3.48. The fourth-order valence-corrected chi connectivity index (χ4v) is 3.79. The molecule has 2 atom stereocenters. The number of rotatable bonds is 6. The summed E-state index contributed by atoms with van der Waals surface area (Å²) in [4.78, 5) is 12.4. The van der Waals surface area contributed by atoms with Crippen LogP contribution in [-0.4, -0.2) is 43.8 Å². The number of aromatic nitrogens is 5. The summed E-state index contributed by atoms with van der Waals surface area (Å²) in [6.07, 6.45) is 3.85. The molecule has 0 aliphatic carbocycles. The third-order valence-electron chi connectivity index (χ3n) is 4.55. The van der Waals surface area contributed by atoms with Crippen molar-refractivity contribution in [3.63, 3.8) is 0 Å². The predicted octanol–water partition coefficient (Wildman–Crippen LogP) is 2.47. The van der Waals surface area contributed by atoms with E-state index in [-0.39, 0.29) is 23.7 Å². The predicted molar refractivity (Wildman–Crippen MR) is 100 cm³/mol. The number of ether oxygens (including phenoxy) is 1. The number of nitrogens with one attached hydrogen (secondary N) is 1. The Labute approximate surface area is 160 Å². The second-order valence-electron chi connectivity index (χ2n) is 6.43. The van der Waals surface area contributed by atoms with Gasteiger partial charge in [-0.15, -0.1) is 15.3 Å². The molecule has 3 heterocycles. The highest BCUT2D eigenvalue weighted by Crippen LogP contribution is 2.24. The van der Waals surface area contributed by atoms with Crippen LogP contribution >= 0.6 is 11.3 Å². The van der Waals surface area contributed by atoms with Gasteiger partial charge in [0.15, 0.2) is 5.69 Å². The zero-order valence-electron chi connectivity index (χ0n) is 14.9. The number of hydrogen-bond acceptors (Lipinski definition) is 7. The van der Waals surface area contributed by atoms with Gasteiger partial charge in [-0.2, -0.15) is 0 Å². The van der Waals surface area contributed by atoms with Gasteiger partial charge in [-0.3, -0.25) is 4.79 Å². The van der Waals surface area contributed by atoms with E-state index in [0.29, 0.717) is 6.54 Å². The molecule has 9 heteroatoms. The van der Waals surface area contributed by atoms with E-state index in [1.165, 1.54) is 11.3 Å². The van der Waals surface area contributed by atoms with E-state index in [1.54, 1.807) is 10.9 Å². The second kappa shape index (κ2) is 7.93. The van der Waals surface area contributed by atoms with Crippen LogP contribution in [0, 0.1) is 0 Å². The summed E-state index contributed by atoms with van der Waals surface area (Å²) >= 11 is 1.46. The molecule has 1 aliphatic rings. The Morgan fingerprint density at radius 1 is 1.33 bits per heavy atom. The second-order valence-corrected chi connectivity index (χ2v) is 7.49. The average molecular weight is 384 g/mol. The van der Waals surface area contributed by atoms with Gasteiger partial charge in [-0.05, 0) is 19.8 Å². The third-order valence-corrected chi connectivity index (χ3v) is 5.52. The van der Waals surface area contributed by atoms with Gasteiger partial charge in [-0.25, -0.2) is 4.68 Å². The van der Waals surface area contributed by atoms with E-state index in [4.69, 9.17) is 4.74 Å². The zero-order chi connectivity index (χ0) is 18.6. The van der Waals surface area contributed by atoms with E-state index >= 15 is 0 Å². The lowest BCUT2D eigenvalue weighted by Crippen LogP contribution is -2.23. The lowest BCUT2D eigenvalue weighted by atomic mass is 10.1. The number of amides is 1. The number of benzene rings is 1. The molecule has 1 aliphatic heterocycles. The molecule has 1 unspecified atom stereocenters. The van der Waals surface area contributed by atoms with Crippen LogP contribution < -0.4 is 5.32 Å². The molecule has 0 bridgehead atoms. The molecule has 2 aromatic heterocycles. The van der Waals surface area contributed by atoms with Gasteiger partial charge in [0.2, 0.25) is 0 Å². The van der Waals surface area contributed by atoms with Crippen LogP contribution in [0.3, 0.4) is 0 Å². The number of nitrogens with zero attached hydrogens (tertiary/aromatic N) is 5. The van der Waals surface area contributed by atoms with Crippen molar-refractivity contribution in [1.82, 2.24) is 30.5 Å². The zero-order valence-corrected chi connectivity index (χ0v) is 15.7. The van der Waals surface area contributed by atoms with Crippen LogP contribution in [-0.2, 0) is 11.3 Å². The van der Waals surface area contributed by atoms with Gasteiger partial charge in [-0.1, -0.05) is 46.9 Å². The Morgan fingerprint density at radius 2 is 2.19 bits per heavy atom. The molecule has 8 nitrogen and oxygen atoms in total. The maximum Gasteiger partial charge on any atom is 0.273 e. The van der Waals surface area contributed by atoms with Crippen molar-refractivity contribution >= 4 is 17.2 Å². The summed E-state index contributed by atoms with van der Waals surface area (Å²) in [6, 6.07) is 9.89. The summed E-state index contributed by atoms with van der Waals surface area (Å²) < 4.78 is 7.38. The van der Waals surface area contributed by atoms with Crippen molar-refractivity contribution in [2.75, 3.05) is 6.61 Å². The van der Waals surface area contributed by atoms with Crippen LogP contribution in [0.4, 0.5) is 0 Å². The summed E-state index contributed by atoms with van der Waals surface area (Å²) in [5.74, 6) is -0.280. The lowest BCUT2D eigenvalue weighted by molar-refractivity contribution is 0.0684. The molecule has 1 N–H and O–H groups in total. The Bertz CT molecular complexity index is 903. The molecule has 1 aromatic carbocycles. The van der Waals surface area contributed by atoms with E-state index in [2.05, 4.69) is 25.8 Å². The molecule has 1 fully saturated rings. The maximum absolute atomic E-state index is 12.4. The molecular formula is C18H20N6O2S. The van der Waals surface area contributed by atoms with Gasteiger partial charge >= 0.3 is 0 Å². The first-order chi connectivity index (χ1) is 13.2. The van der Waals surface area contributed by atoms with Crippen molar-refractivity contribution in [3.05, 3.63) is 47.2 Å². The first-order valence-electron chi connectivity index (χ1n) is 8.90. The Morgan fingerprint density at radius 3 is 2.96 bits per heavy atom. The van der Waals surface area contributed by atoms with Gasteiger partial charge in [0.25, 0.3) is 5.91 Å². The number of hydrogen-bond donors (Lipinski definition) is 1. The van der Waals surface area contributed by atoms with E-state index in [9.17, 15) is 4.79 Å². The smallest absolute Gasteiger partial charge is 0.273 e. The third kappa shape index (κ3) is 4.04. The lowest BCUT2D eigenvalue weighted by Gasteiger charge is -2.17. The van der Waals surface area contributed by atoms with E-state index in [0.717, 1.165) is 35.0 Å². The van der Waals surface area contributed by atoms with Crippen LogP contribution in [0.25, 0.3) is 10.6 Å². The fraction of sp³-hybridized carbons (Fsp3) is 0.389. The molecule has 3 aromatic rings. The normalized spacial score (nSPS) is 17.7.